The smallest absolute Gasteiger partial charge is 0.127 e. The molecule has 0 aliphatic rings. The van der Waals surface area contributed by atoms with E-state index < -0.39 is 0 Å². The molecule has 0 N–H and O–H groups in total. The zero-order valence-electron chi connectivity index (χ0n) is 11.4. The maximum absolute atomic E-state index is 5.93. The standard InChI is InChI=1S/C18H20O/c1-2-3-14-19-18(17-12-8-5-9-13-17)15-16-10-6-4-7-11-16/h4-13,15H,2-3,14H2,1H3/b18-15-. The molecule has 0 saturated heterocycles. The van der Waals surface area contributed by atoms with Crippen LogP contribution in [0, 0.1) is 0 Å². The predicted molar refractivity (Wildman–Crippen MR) is 81.6 cm³/mol. The van der Waals surface area contributed by atoms with Gasteiger partial charge in [-0.25, -0.2) is 0 Å². The van der Waals surface area contributed by atoms with E-state index in [-0.39, 0.29) is 0 Å². The minimum absolute atomic E-state index is 0.768. The molecular formula is C18H20O. The van der Waals surface area contributed by atoms with Crippen molar-refractivity contribution < 1.29 is 4.74 Å². The van der Waals surface area contributed by atoms with Crippen molar-refractivity contribution in [1.82, 2.24) is 0 Å². The Balaban J connectivity index is 2.22. The summed E-state index contributed by atoms with van der Waals surface area (Å²) in [6.45, 7) is 2.94. The van der Waals surface area contributed by atoms with E-state index in [2.05, 4.69) is 37.3 Å². The summed E-state index contributed by atoms with van der Waals surface area (Å²) < 4.78 is 5.93. The predicted octanol–water partition coefficient (Wildman–Crippen LogP) is 5.00. The first-order valence-corrected chi connectivity index (χ1v) is 6.85. The van der Waals surface area contributed by atoms with Crippen LogP contribution in [0.5, 0.6) is 0 Å². The minimum Gasteiger partial charge on any atom is -0.493 e. The zero-order chi connectivity index (χ0) is 13.3. The van der Waals surface area contributed by atoms with Gasteiger partial charge in [-0.3, -0.25) is 0 Å². The summed E-state index contributed by atoms with van der Waals surface area (Å²) in [7, 11) is 0. The van der Waals surface area contributed by atoms with Crippen LogP contribution in [-0.4, -0.2) is 6.61 Å². The molecule has 98 valence electrons. The SMILES string of the molecule is CCCCO/C(=C\c1ccccc1)c1ccccc1. The van der Waals surface area contributed by atoms with Crippen LogP contribution >= 0.6 is 0 Å². The highest BCUT2D eigenvalue weighted by atomic mass is 16.5. The first-order valence-electron chi connectivity index (χ1n) is 6.85. The van der Waals surface area contributed by atoms with Crippen LogP contribution in [0.15, 0.2) is 60.7 Å². The van der Waals surface area contributed by atoms with Gasteiger partial charge in [-0.05, 0) is 18.1 Å². The summed E-state index contributed by atoms with van der Waals surface area (Å²) in [6.07, 6.45) is 4.33. The van der Waals surface area contributed by atoms with Crippen molar-refractivity contribution in [3.05, 3.63) is 71.8 Å². The zero-order valence-corrected chi connectivity index (χ0v) is 11.4. The van der Waals surface area contributed by atoms with E-state index in [4.69, 9.17) is 4.74 Å². The van der Waals surface area contributed by atoms with Gasteiger partial charge >= 0.3 is 0 Å². The van der Waals surface area contributed by atoms with Gasteiger partial charge in [0.15, 0.2) is 0 Å². The molecule has 2 aromatic carbocycles. The Morgan fingerprint density at radius 1 is 0.947 bits per heavy atom. The Bertz CT molecular complexity index is 500. The molecule has 0 saturated carbocycles. The molecule has 0 aliphatic heterocycles. The normalized spacial score (nSPS) is 11.3. The molecule has 2 rings (SSSR count). The van der Waals surface area contributed by atoms with Crippen molar-refractivity contribution in [3.63, 3.8) is 0 Å². The van der Waals surface area contributed by atoms with E-state index in [9.17, 15) is 0 Å². The van der Waals surface area contributed by atoms with E-state index in [0.29, 0.717) is 0 Å². The maximum Gasteiger partial charge on any atom is 0.127 e. The van der Waals surface area contributed by atoms with Crippen LogP contribution in [0.2, 0.25) is 0 Å². The lowest BCUT2D eigenvalue weighted by Crippen LogP contribution is -1.94. The second kappa shape index (κ2) is 7.42. The number of hydrogen-bond acceptors (Lipinski definition) is 1. The summed E-state index contributed by atoms with van der Waals surface area (Å²) in [5.41, 5.74) is 2.29. The summed E-state index contributed by atoms with van der Waals surface area (Å²) in [6, 6.07) is 20.6. The Morgan fingerprint density at radius 2 is 1.58 bits per heavy atom. The Hall–Kier alpha value is -2.02. The Labute approximate surface area is 115 Å². The van der Waals surface area contributed by atoms with Crippen LogP contribution in [0.1, 0.15) is 30.9 Å². The molecule has 0 heterocycles. The lowest BCUT2D eigenvalue weighted by molar-refractivity contribution is 0.272. The maximum atomic E-state index is 5.93. The lowest BCUT2D eigenvalue weighted by atomic mass is 10.1. The molecule has 0 aromatic heterocycles. The average Bonchev–Trinajstić information content (AvgIpc) is 2.48. The molecule has 0 unspecified atom stereocenters. The summed E-state index contributed by atoms with van der Waals surface area (Å²) >= 11 is 0. The molecule has 1 nitrogen and oxygen atoms in total. The molecule has 0 amide bonds. The van der Waals surface area contributed by atoms with E-state index in [0.717, 1.165) is 36.3 Å². The van der Waals surface area contributed by atoms with Gasteiger partial charge in [0.25, 0.3) is 0 Å². The monoisotopic (exact) mass is 252 g/mol. The Kier molecular flexibility index (Phi) is 5.24. The van der Waals surface area contributed by atoms with Crippen molar-refractivity contribution in [2.45, 2.75) is 19.8 Å². The van der Waals surface area contributed by atoms with Gasteiger partial charge in [0.05, 0.1) is 6.61 Å². The highest BCUT2D eigenvalue weighted by Crippen LogP contribution is 2.19. The third-order valence-corrected chi connectivity index (χ3v) is 2.91. The fourth-order valence-electron chi connectivity index (χ4n) is 1.84. The highest BCUT2D eigenvalue weighted by molar-refractivity contribution is 5.77. The van der Waals surface area contributed by atoms with Crippen molar-refractivity contribution >= 4 is 11.8 Å². The molecule has 0 spiro atoms. The molecule has 0 fully saturated rings. The molecular weight excluding hydrogens is 232 g/mol. The number of benzene rings is 2. The van der Waals surface area contributed by atoms with Gasteiger partial charge in [0.2, 0.25) is 0 Å². The first kappa shape index (κ1) is 13.4. The topological polar surface area (TPSA) is 9.23 Å². The van der Waals surface area contributed by atoms with Crippen LogP contribution in [0.3, 0.4) is 0 Å². The van der Waals surface area contributed by atoms with Crippen LogP contribution in [0.4, 0.5) is 0 Å². The van der Waals surface area contributed by atoms with E-state index in [1.54, 1.807) is 0 Å². The van der Waals surface area contributed by atoms with Crippen molar-refractivity contribution in [3.8, 4) is 0 Å². The van der Waals surface area contributed by atoms with Crippen LogP contribution in [0.25, 0.3) is 11.8 Å². The second-order valence-electron chi connectivity index (χ2n) is 4.49. The molecule has 19 heavy (non-hydrogen) atoms. The molecule has 1 heteroatoms. The Morgan fingerprint density at radius 3 is 2.21 bits per heavy atom. The van der Waals surface area contributed by atoms with Gasteiger partial charge in [0, 0.05) is 5.56 Å². The van der Waals surface area contributed by atoms with E-state index in [1.807, 2.05) is 36.4 Å². The van der Waals surface area contributed by atoms with E-state index in [1.165, 1.54) is 0 Å². The number of ether oxygens (including phenoxy) is 1. The number of hydrogen-bond donors (Lipinski definition) is 0. The van der Waals surface area contributed by atoms with Crippen LogP contribution in [-0.2, 0) is 4.74 Å². The van der Waals surface area contributed by atoms with Crippen molar-refractivity contribution in [2.75, 3.05) is 6.61 Å². The van der Waals surface area contributed by atoms with Crippen molar-refractivity contribution in [2.24, 2.45) is 0 Å². The van der Waals surface area contributed by atoms with Crippen LogP contribution < -0.4 is 0 Å². The molecule has 2 aromatic rings. The van der Waals surface area contributed by atoms with Crippen molar-refractivity contribution in [1.29, 1.82) is 0 Å². The van der Waals surface area contributed by atoms with E-state index >= 15 is 0 Å². The number of unbranched alkanes of at least 4 members (excludes halogenated alkanes) is 1. The summed E-state index contributed by atoms with van der Waals surface area (Å²) in [4.78, 5) is 0. The minimum atomic E-state index is 0.768. The van der Waals surface area contributed by atoms with Gasteiger partial charge in [0.1, 0.15) is 5.76 Å². The third-order valence-electron chi connectivity index (χ3n) is 2.91. The largest absolute Gasteiger partial charge is 0.493 e. The fraction of sp³-hybridized carbons (Fsp3) is 0.222. The molecule has 0 atom stereocenters. The summed E-state index contributed by atoms with van der Waals surface area (Å²) in [5.74, 6) is 0.945. The lowest BCUT2D eigenvalue weighted by Gasteiger charge is -2.10. The first-order chi connectivity index (χ1) is 9.40. The quantitative estimate of drug-likeness (QED) is 0.399. The number of rotatable bonds is 6. The third kappa shape index (κ3) is 4.29. The fourth-order valence-corrected chi connectivity index (χ4v) is 1.84. The van der Waals surface area contributed by atoms with Gasteiger partial charge in [-0.15, -0.1) is 0 Å². The average molecular weight is 252 g/mol. The van der Waals surface area contributed by atoms with Gasteiger partial charge < -0.3 is 4.74 Å². The van der Waals surface area contributed by atoms with Gasteiger partial charge in [-0.1, -0.05) is 74.0 Å². The second-order valence-corrected chi connectivity index (χ2v) is 4.49. The molecule has 0 aliphatic carbocycles. The van der Waals surface area contributed by atoms with Gasteiger partial charge in [-0.2, -0.15) is 0 Å². The molecule has 0 radical (unpaired) electrons. The highest BCUT2D eigenvalue weighted by Gasteiger charge is 2.02. The molecule has 0 bridgehead atoms. The summed E-state index contributed by atoms with van der Waals surface area (Å²) in [5, 5.41) is 0.